The van der Waals surface area contributed by atoms with E-state index < -0.39 is 0 Å². The Kier molecular flexibility index (Phi) is 6.85. The lowest BCUT2D eigenvalue weighted by Crippen LogP contribution is -2.28. The number of nitrogens with one attached hydrogen (secondary N) is 1. The molecule has 1 saturated carbocycles. The molecule has 3 rings (SSSR count). The molecule has 2 aromatic carbocycles. The van der Waals surface area contributed by atoms with E-state index in [9.17, 15) is 4.79 Å². The maximum Gasteiger partial charge on any atom is 0.277 e. The molecule has 1 aliphatic carbocycles. The monoisotopic (exact) mass is 366 g/mol. The molecular weight excluding hydrogens is 340 g/mol. The third kappa shape index (κ3) is 5.33. The van der Waals surface area contributed by atoms with Gasteiger partial charge in [0.15, 0.2) is 18.1 Å². The van der Waals surface area contributed by atoms with Crippen LogP contribution in [0.1, 0.15) is 37.7 Å². The van der Waals surface area contributed by atoms with E-state index in [4.69, 9.17) is 9.47 Å². The predicted molar refractivity (Wildman–Crippen MR) is 106 cm³/mol. The number of para-hydroxylation sites is 2. The van der Waals surface area contributed by atoms with E-state index in [-0.39, 0.29) is 12.5 Å². The van der Waals surface area contributed by atoms with Gasteiger partial charge < -0.3 is 9.47 Å². The molecule has 1 amide bonds. The number of ether oxygens (including phenoxy) is 2. The molecule has 1 aliphatic rings. The van der Waals surface area contributed by atoms with Crippen LogP contribution >= 0.6 is 0 Å². The zero-order valence-corrected chi connectivity index (χ0v) is 15.7. The maximum atomic E-state index is 12.3. The Morgan fingerprint density at radius 1 is 1.00 bits per heavy atom. The highest BCUT2D eigenvalue weighted by Gasteiger charge is 2.21. The molecule has 2 aromatic rings. The van der Waals surface area contributed by atoms with Gasteiger partial charge >= 0.3 is 0 Å². The number of carbonyl (C=O) groups is 1. The van der Waals surface area contributed by atoms with Crippen LogP contribution in [0.25, 0.3) is 0 Å². The fraction of sp³-hybridized carbons (Fsp3) is 0.364. The average molecular weight is 366 g/mol. The topological polar surface area (TPSA) is 59.9 Å². The highest BCUT2D eigenvalue weighted by molar-refractivity contribution is 6.02. The van der Waals surface area contributed by atoms with E-state index in [1.165, 1.54) is 19.3 Å². The molecule has 0 heterocycles. The Labute approximate surface area is 160 Å². The summed E-state index contributed by atoms with van der Waals surface area (Å²) in [6, 6.07) is 17.3. The quantitative estimate of drug-likeness (QED) is 0.591. The summed E-state index contributed by atoms with van der Waals surface area (Å²) in [5.41, 5.74) is 4.69. The van der Waals surface area contributed by atoms with Crippen molar-refractivity contribution < 1.29 is 14.3 Å². The van der Waals surface area contributed by atoms with Crippen LogP contribution in [0.15, 0.2) is 59.7 Å². The SMILES string of the molecule is COc1ccccc1OCC(=O)NN=C(c1ccccc1)C1CCCCC1. The molecule has 0 aromatic heterocycles. The van der Waals surface area contributed by atoms with Crippen LogP contribution in [0, 0.1) is 5.92 Å². The van der Waals surface area contributed by atoms with Gasteiger partial charge in [-0.3, -0.25) is 4.79 Å². The summed E-state index contributed by atoms with van der Waals surface area (Å²) >= 11 is 0. The highest BCUT2D eigenvalue weighted by Crippen LogP contribution is 2.27. The normalized spacial score (nSPS) is 15.2. The maximum absolute atomic E-state index is 12.3. The smallest absolute Gasteiger partial charge is 0.277 e. The molecule has 0 spiro atoms. The van der Waals surface area contributed by atoms with Crippen LogP contribution in [0.2, 0.25) is 0 Å². The van der Waals surface area contributed by atoms with Gasteiger partial charge in [0.05, 0.1) is 12.8 Å². The summed E-state index contributed by atoms with van der Waals surface area (Å²) in [7, 11) is 1.57. The first kappa shape index (κ1) is 19.0. The minimum atomic E-state index is -0.287. The van der Waals surface area contributed by atoms with Gasteiger partial charge in [-0.2, -0.15) is 5.10 Å². The fourth-order valence-electron chi connectivity index (χ4n) is 3.41. The van der Waals surface area contributed by atoms with Crippen LogP contribution in [-0.4, -0.2) is 25.3 Å². The van der Waals surface area contributed by atoms with E-state index >= 15 is 0 Å². The number of methoxy groups -OCH3 is 1. The molecule has 1 N–H and O–H groups in total. The Balaban J connectivity index is 1.65. The number of nitrogens with zero attached hydrogens (tertiary/aromatic N) is 1. The van der Waals surface area contributed by atoms with Crippen molar-refractivity contribution in [1.29, 1.82) is 0 Å². The number of hydrazone groups is 1. The van der Waals surface area contributed by atoms with E-state index in [2.05, 4.69) is 10.5 Å². The molecule has 5 nitrogen and oxygen atoms in total. The van der Waals surface area contributed by atoms with Crippen molar-refractivity contribution in [3.63, 3.8) is 0 Å². The van der Waals surface area contributed by atoms with Crippen molar-refractivity contribution in [1.82, 2.24) is 5.43 Å². The molecule has 1 fully saturated rings. The van der Waals surface area contributed by atoms with E-state index in [0.717, 1.165) is 24.1 Å². The Hall–Kier alpha value is -2.82. The molecule has 0 saturated heterocycles. The molecule has 0 bridgehead atoms. The second-order valence-electron chi connectivity index (χ2n) is 6.67. The summed E-state index contributed by atoms with van der Waals surface area (Å²) in [6.45, 7) is -0.114. The first-order chi connectivity index (χ1) is 13.3. The lowest BCUT2D eigenvalue weighted by molar-refractivity contribution is -0.123. The van der Waals surface area contributed by atoms with E-state index in [1.807, 2.05) is 42.5 Å². The average Bonchev–Trinajstić information content (AvgIpc) is 2.74. The minimum absolute atomic E-state index is 0.114. The molecule has 142 valence electrons. The van der Waals surface area contributed by atoms with Gasteiger partial charge in [0.25, 0.3) is 5.91 Å². The molecule has 5 heteroatoms. The van der Waals surface area contributed by atoms with Gasteiger partial charge in [-0.15, -0.1) is 0 Å². The summed E-state index contributed by atoms with van der Waals surface area (Å²) in [4.78, 5) is 12.3. The summed E-state index contributed by atoms with van der Waals surface area (Å²) in [6.07, 6.45) is 5.92. The molecule has 0 atom stereocenters. The van der Waals surface area contributed by atoms with Gasteiger partial charge in [-0.25, -0.2) is 5.43 Å². The van der Waals surface area contributed by atoms with Gasteiger partial charge in [0.2, 0.25) is 0 Å². The molecular formula is C22H26N2O3. The van der Waals surface area contributed by atoms with Gasteiger partial charge in [-0.05, 0) is 30.5 Å². The van der Waals surface area contributed by atoms with Crippen LogP contribution in [-0.2, 0) is 4.79 Å². The van der Waals surface area contributed by atoms with Crippen LogP contribution in [0.4, 0.5) is 0 Å². The van der Waals surface area contributed by atoms with Crippen molar-refractivity contribution >= 4 is 11.6 Å². The van der Waals surface area contributed by atoms with Crippen LogP contribution in [0.5, 0.6) is 11.5 Å². The zero-order chi connectivity index (χ0) is 18.9. The third-order valence-corrected chi connectivity index (χ3v) is 4.79. The van der Waals surface area contributed by atoms with E-state index in [1.54, 1.807) is 19.2 Å². The molecule has 0 aliphatic heterocycles. The predicted octanol–water partition coefficient (Wildman–Crippen LogP) is 4.17. The Bertz CT molecular complexity index is 768. The zero-order valence-electron chi connectivity index (χ0n) is 15.7. The summed E-state index contributed by atoms with van der Waals surface area (Å²) in [5, 5.41) is 4.48. The van der Waals surface area contributed by atoms with Crippen LogP contribution in [0.3, 0.4) is 0 Å². The van der Waals surface area contributed by atoms with Crippen molar-refractivity contribution in [3.05, 3.63) is 60.2 Å². The number of benzene rings is 2. The van der Waals surface area contributed by atoms with Gasteiger partial charge in [0, 0.05) is 5.92 Å². The first-order valence-electron chi connectivity index (χ1n) is 9.45. The number of rotatable bonds is 7. The number of hydrogen-bond donors (Lipinski definition) is 1. The molecule has 0 unspecified atom stereocenters. The lowest BCUT2D eigenvalue weighted by atomic mass is 9.83. The van der Waals surface area contributed by atoms with E-state index in [0.29, 0.717) is 17.4 Å². The van der Waals surface area contributed by atoms with Crippen molar-refractivity contribution in [2.45, 2.75) is 32.1 Å². The Morgan fingerprint density at radius 2 is 1.67 bits per heavy atom. The summed E-state index contributed by atoms with van der Waals surface area (Å²) in [5.74, 6) is 1.23. The largest absolute Gasteiger partial charge is 0.493 e. The second-order valence-corrected chi connectivity index (χ2v) is 6.67. The fourth-order valence-corrected chi connectivity index (χ4v) is 3.41. The lowest BCUT2D eigenvalue weighted by Gasteiger charge is -2.23. The van der Waals surface area contributed by atoms with Gasteiger partial charge in [0.1, 0.15) is 0 Å². The standard InChI is InChI=1S/C22H26N2O3/c1-26-19-14-8-9-15-20(19)27-16-21(25)23-24-22(17-10-4-2-5-11-17)18-12-6-3-7-13-18/h2,4-5,8-11,14-15,18H,3,6-7,12-13,16H2,1H3,(H,23,25). The number of carbonyl (C=O) groups excluding carboxylic acids is 1. The third-order valence-electron chi connectivity index (χ3n) is 4.79. The molecule has 0 radical (unpaired) electrons. The minimum Gasteiger partial charge on any atom is -0.493 e. The van der Waals surface area contributed by atoms with Crippen molar-refractivity contribution in [2.75, 3.05) is 13.7 Å². The van der Waals surface area contributed by atoms with Gasteiger partial charge in [-0.1, -0.05) is 61.7 Å². The summed E-state index contributed by atoms with van der Waals surface area (Å²) < 4.78 is 10.8. The number of hydrogen-bond acceptors (Lipinski definition) is 4. The second kappa shape index (κ2) is 9.76. The number of amides is 1. The van der Waals surface area contributed by atoms with Crippen molar-refractivity contribution in [3.8, 4) is 11.5 Å². The van der Waals surface area contributed by atoms with Crippen molar-refractivity contribution in [2.24, 2.45) is 11.0 Å². The molecule has 27 heavy (non-hydrogen) atoms. The first-order valence-corrected chi connectivity index (χ1v) is 9.45. The Morgan fingerprint density at radius 3 is 2.37 bits per heavy atom. The highest BCUT2D eigenvalue weighted by atomic mass is 16.5. The van der Waals surface area contributed by atoms with Crippen LogP contribution < -0.4 is 14.9 Å².